The molecule has 0 radical (unpaired) electrons. The number of hydrogen-bond donors (Lipinski definition) is 3. The molecule has 0 spiro atoms. The molecular formula is C30H28F4N4O3. The first-order chi connectivity index (χ1) is 19.5. The molecule has 0 bridgehead atoms. The van der Waals surface area contributed by atoms with Crippen LogP contribution in [0.3, 0.4) is 0 Å². The third-order valence-electron chi connectivity index (χ3n) is 6.86. The smallest absolute Gasteiger partial charge is 0.369 e. The lowest BCUT2D eigenvalue weighted by Crippen LogP contribution is -2.47. The number of fused-ring (bicyclic) bond motifs is 1. The van der Waals surface area contributed by atoms with E-state index in [2.05, 4.69) is 15.6 Å². The highest BCUT2D eigenvalue weighted by Gasteiger charge is 2.39. The van der Waals surface area contributed by atoms with Crippen molar-refractivity contribution in [2.24, 2.45) is 16.6 Å². The zero-order valence-corrected chi connectivity index (χ0v) is 22.0. The van der Waals surface area contributed by atoms with E-state index in [1.54, 1.807) is 67.6 Å². The van der Waals surface area contributed by atoms with Gasteiger partial charge in [0.1, 0.15) is 6.67 Å². The Hall–Kier alpha value is -4.54. The van der Waals surface area contributed by atoms with Gasteiger partial charge in [-0.1, -0.05) is 66.7 Å². The van der Waals surface area contributed by atoms with Gasteiger partial charge in [-0.05, 0) is 36.1 Å². The highest BCUT2D eigenvalue weighted by atomic mass is 19.4. The molecule has 3 atom stereocenters. The summed E-state index contributed by atoms with van der Waals surface area (Å²) in [5.41, 5.74) is 8.59. The predicted molar refractivity (Wildman–Crippen MR) is 146 cm³/mol. The Kier molecular flexibility index (Phi) is 8.85. The molecule has 41 heavy (non-hydrogen) atoms. The molecular weight excluding hydrogens is 540 g/mol. The van der Waals surface area contributed by atoms with Crippen LogP contribution < -0.4 is 16.4 Å². The molecule has 0 saturated heterocycles. The number of carbonyl (C=O) groups is 3. The van der Waals surface area contributed by atoms with Crippen LogP contribution in [0.1, 0.15) is 46.6 Å². The second kappa shape index (κ2) is 12.3. The lowest BCUT2D eigenvalue weighted by Gasteiger charge is -2.26. The molecule has 1 aliphatic heterocycles. The van der Waals surface area contributed by atoms with Crippen LogP contribution in [0.4, 0.5) is 23.2 Å². The number of hydrogen-bond acceptors (Lipinski definition) is 4. The fraction of sp³-hybridized carbons (Fsp3) is 0.267. The highest BCUT2D eigenvalue weighted by Crippen LogP contribution is 2.33. The van der Waals surface area contributed by atoms with Gasteiger partial charge in [0.25, 0.3) is 5.91 Å². The maximum absolute atomic E-state index is 13.6. The Balaban J connectivity index is 1.76. The van der Waals surface area contributed by atoms with Crippen LogP contribution >= 0.6 is 0 Å². The SMILES string of the molecule is Cc1cccc2c1NC(=O)[C@@H](NC(=O)[C@H](CCC(F)(F)F)[C@@H](C(N)=O)c1ccccc1)N=C2c1cccc(CF)c1. The van der Waals surface area contributed by atoms with Crippen LogP contribution in [0.25, 0.3) is 0 Å². The number of anilines is 1. The molecule has 3 aromatic rings. The maximum Gasteiger partial charge on any atom is 0.389 e. The average Bonchev–Trinajstić information content (AvgIpc) is 3.07. The largest absolute Gasteiger partial charge is 0.389 e. The molecule has 0 aromatic heterocycles. The van der Waals surface area contributed by atoms with Gasteiger partial charge in [0.05, 0.1) is 23.2 Å². The van der Waals surface area contributed by atoms with Gasteiger partial charge in [0, 0.05) is 17.5 Å². The summed E-state index contributed by atoms with van der Waals surface area (Å²) in [6, 6.07) is 19.4. The van der Waals surface area contributed by atoms with E-state index in [-0.39, 0.29) is 11.3 Å². The van der Waals surface area contributed by atoms with Gasteiger partial charge in [-0.25, -0.2) is 9.38 Å². The number of alkyl halides is 4. The van der Waals surface area contributed by atoms with Crippen LogP contribution in [-0.4, -0.2) is 35.8 Å². The monoisotopic (exact) mass is 568 g/mol. The maximum atomic E-state index is 13.6. The number of nitrogens with two attached hydrogens (primary N) is 1. The Morgan fingerprint density at radius 3 is 2.41 bits per heavy atom. The first kappa shape index (κ1) is 29.4. The summed E-state index contributed by atoms with van der Waals surface area (Å²) >= 11 is 0. The van der Waals surface area contributed by atoms with Gasteiger partial charge in [0.15, 0.2) is 0 Å². The van der Waals surface area contributed by atoms with Crippen molar-refractivity contribution in [3.8, 4) is 0 Å². The average molecular weight is 569 g/mol. The third kappa shape index (κ3) is 6.97. The topological polar surface area (TPSA) is 114 Å². The van der Waals surface area contributed by atoms with Gasteiger partial charge >= 0.3 is 6.18 Å². The fourth-order valence-electron chi connectivity index (χ4n) is 4.87. The number of aryl methyl sites for hydroxylation is 1. The van der Waals surface area contributed by atoms with Crippen molar-refractivity contribution < 1.29 is 31.9 Å². The van der Waals surface area contributed by atoms with Gasteiger partial charge in [-0.2, -0.15) is 13.2 Å². The number of rotatable bonds is 9. The summed E-state index contributed by atoms with van der Waals surface area (Å²) in [6.07, 6.45) is -8.28. The van der Waals surface area contributed by atoms with E-state index in [1.165, 1.54) is 12.1 Å². The van der Waals surface area contributed by atoms with Crippen molar-refractivity contribution in [3.63, 3.8) is 0 Å². The summed E-state index contributed by atoms with van der Waals surface area (Å²) in [4.78, 5) is 43.9. The summed E-state index contributed by atoms with van der Waals surface area (Å²) in [7, 11) is 0. The number of amides is 3. The van der Waals surface area contributed by atoms with E-state index in [0.29, 0.717) is 27.9 Å². The van der Waals surface area contributed by atoms with Crippen molar-refractivity contribution in [1.82, 2.24) is 5.32 Å². The molecule has 11 heteroatoms. The lowest BCUT2D eigenvalue weighted by atomic mass is 9.81. The quantitative estimate of drug-likeness (QED) is 0.318. The van der Waals surface area contributed by atoms with Crippen LogP contribution in [0.5, 0.6) is 0 Å². The number of benzodiazepines with no additional fused rings is 1. The number of aliphatic imine (C=N–C) groups is 1. The van der Waals surface area contributed by atoms with E-state index in [4.69, 9.17) is 5.73 Å². The standard InChI is InChI=1S/C30H28F4N4O3/c1-17-7-5-12-22-24(17)37-29(41)27(36-25(22)20-11-6-8-18(15-20)16-31)38-28(40)21(13-14-30(32,33)34)23(26(35)39)19-9-3-2-4-10-19/h2-12,15,21,23,27H,13-14,16H2,1H3,(H2,35,39)(H,37,41)(H,38,40)/t21-,23+,27-/m1/s1. The van der Waals surface area contributed by atoms with Crippen LogP contribution in [0, 0.1) is 12.8 Å². The van der Waals surface area contributed by atoms with Crippen LogP contribution in [0.2, 0.25) is 0 Å². The molecule has 4 rings (SSSR count). The molecule has 0 fully saturated rings. The molecule has 214 valence electrons. The summed E-state index contributed by atoms with van der Waals surface area (Å²) < 4.78 is 53.2. The molecule has 0 saturated carbocycles. The first-order valence-electron chi connectivity index (χ1n) is 12.8. The van der Waals surface area contributed by atoms with E-state index in [0.717, 1.165) is 0 Å². The number of primary amides is 1. The Morgan fingerprint density at radius 2 is 1.76 bits per heavy atom. The Labute approximate surface area is 233 Å². The lowest BCUT2D eigenvalue weighted by molar-refractivity contribution is -0.144. The Morgan fingerprint density at radius 1 is 1.05 bits per heavy atom. The van der Waals surface area contributed by atoms with E-state index >= 15 is 0 Å². The van der Waals surface area contributed by atoms with Crippen molar-refractivity contribution in [2.75, 3.05) is 5.32 Å². The molecule has 7 nitrogen and oxygen atoms in total. The zero-order chi connectivity index (χ0) is 29.7. The number of para-hydroxylation sites is 1. The normalized spacial score (nSPS) is 16.5. The minimum absolute atomic E-state index is 0.267. The van der Waals surface area contributed by atoms with Crippen LogP contribution in [-0.2, 0) is 21.1 Å². The second-order valence-corrected chi connectivity index (χ2v) is 9.76. The summed E-state index contributed by atoms with van der Waals surface area (Å²) in [5.74, 6) is -5.67. The number of halogens is 4. The number of nitrogens with zero attached hydrogens (tertiary/aromatic N) is 1. The van der Waals surface area contributed by atoms with Crippen molar-refractivity contribution in [2.45, 2.75) is 44.7 Å². The van der Waals surface area contributed by atoms with Crippen LogP contribution in [0.15, 0.2) is 77.8 Å². The Bertz CT molecular complexity index is 1470. The fourth-order valence-corrected chi connectivity index (χ4v) is 4.87. The van der Waals surface area contributed by atoms with Gasteiger partial charge in [-0.15, -0.1) is 0 Å². The molecule has 3 aromatic carbocycles. The molecule has 0 unspecified atom stereocenters. The second-order valence-electron chi connectivity index (χ2n) is 9.76. The summed E-state index contributed by atoms with van der Waals surface area (Å²) in [5, 5.41) is 5.18. The van der Waals surface area contributed by atoms with E-state index < -0.39 is 61.4 Å². The number of carbonyl (C=O) groups excluding carboxylic acids is 3. The van der Waals surface area contributed by atoms with Crippen molar-refractivity contribution >= 4 is 29.1 Å². The van der Waals surface area contributed by atoms with Gasteiger partial charge in [-0.3, -0.25) is 14.4 Å². The number of benzene rings is 3. The van der Waals surface area contributed by atoms with E-state index in [1.807, 2.05) is 0 Å². The van der Waals surface area contributed by atoms with Crippen molar-refractivity contribution in [1.29, 1.82) is 0 Å². The summed E-state index contributed by atoms with van der Waals surface area (Å²) in [6.45, 7) is 1.02. The minimum atomic E-state index is -4.61. The predicted octanol–water partition coefficient (Wildman–Crippen LogP) is 4.92. The highest BCUT2D eigenvalue weighted by molar-refractivity contribution is 6.20. The van der Waals surface area contributed by atoms with Gasteiger partial charge < -0.3 is 16.4 Å². The van der Waals surface area contributed by atoms with Crippen molar-refractivity contribution in [3.05, 3.63) is 101 Å². The molecule has 3 amide bonds. The molecule has 1 heterocycles. The first-order valence-corrected chi connectivity index (χ1v) is 12.8. The zero-order valence-electron chi connectivity index (χ0n) is 22.0. The molecule has 0 aliphatic carbocycles. The minimum Gasteiger partial charge on any atom is -0.369 e. The van der Waals surface area contributed by atoms with E-state index in [9.17, 15) is 31.9 Å². The van der Waals surface area contributed by atoms with Gasteiger partial charge in [0.2, 0.25) is 18.0 Å². The molecule has 1 aliphatic rings. The third-order valence-corrected chi connectivity index (χ3v) is 6.86. The molecule has 4 N–H and O–H groups in total. The number of nitrogens with one attached hydrogen (secondary N) is 2.